The summed E-state index contributed by atoms with van der Waals surface area (Å²) in [6, 6.07) is 0. The molecule has 2 aromatic heterocycles. The molecule has 0 aliphatic carbocycles. The van der Waals surface area contributed by atoms with Gasteiger partial charge >= 0.3 is 0 Å². The van der Waals surface area contributed by atoms with Crippen LogP contribution in [-0.4, -0.2) is 32.6 Å². The predicted octanol–water partition coefficient (Wildman–Crippen LogP) is 0.542. The summed E-state index contributed by atoms with van der Waals surface area (Å²) in [7, 11) is 0. The first-order chi connectivity index (χ1) is 7.75. The number of thiazole rings is 1. The SMILES string of the molecule is Cc1csc(CCNC(=O)c2ncn[nH]2)n1. The second-order valence-electron chi connectivity index (χ2n) is 3.22. The van der Waals surface area contributed by atoms with Crippen LogP contribution in [0.25, 0.3) is 0 Å². The smallest absolute Gasteiger partial charge is 0.288 e. The summed E-state index contributed by atoms with van der Waals surface area (Å²) >= 11 is 1.60. The first-order valence-electron chi connectivity index (χ1n) is 4.80. The normalized spacial score (nSPS) is 10.3. The van der Waals surface area contributed by atoms with Crippen molar-refractivity contribution in [2.24, 2.45) is 0 Å². The Balaban J connectivity index is 1.78. The zero-order chi connectivity index (χ0) is 11.4. The zero-order valence-electron chi connectivity index (χ0n) is 8.73. The van der Waals surface area contributed by atoms with Crippen molar-refractivity contribution in [1.82, 2.24) is 25.5 Å². The molecule has 2 N–H and O–H groups in total. The lowest BCUT2D eigenvalue weighted by Gasteiger charge is -2.00. The van der Waals surface area contributed by atoms with Crippen LogP contribution in [0.1, 0.15) is 21.3 Å². The fourth-order valence-electron chi connectivity index (χ4n) is 1.20. The van der Waals surface area contributed by atoms with Crippen LogP contribution in [0.15, 0.2) is 11.7 Å². The van der Waals surface area contributed by atoms with Crippen molar-refractivity contribution in [3.8, 4) is 0 Å². The van der Waals surface area contributed by atoms with E-state index in [1.54, 1.807) is 11.3 Å². The summed E-state index contributed by atoms with van der Waals surface area (Å²) in [5.74, 6) is -0.0129. The average molecular weight is 237 g/mol. The number of carbonyl (C=O) groups excluding carboxylic acids is 1. The van der Waals surface area contributed by atoms with E-state index in [0.29, 0.717) is 6.54 Å². The van der Waals surface area contributed by atoms with Crippen molar-refractivity contribution in [2.75, 3.05) is 6.54 Å². The third kappa shape index (κ3) is 2.63. The molecule has 0 saturated heterocycles. The molecule has 6 nitrogen and oxygen atoms in total. The fraction of sp³-hybridized carbons (Fsp3) is 0.333. The van der Waals surface area contributed by atoms with Gasteiger partial charge in [-0.05, 0) is 6.92 Å². The molecule has 0 aromatic carbocycles. The number of nitrogens with zero attached hydrogens (tertiary/aromatic N) is 3. The molecule has 0 atom stereocenters. The van der Waals surface area contributed by atoms with E-state index in [4.69, 9.17) is 0 Å². The van der Waals surface area contributed by atoms with Gasteiger partial charge < -0.3 is 5.32 Å². The standard InChI is InChI=1S/C9H11N5OS/c1-6-4-16-7(13-6)2-3-10-9(15)8-11-5-12-14-8/h4-5H,2-3H2,1H3,(H,10,15)(H,11,12,14). The highest BCUT2D eigenvalue weighted by Crippen LogP contribution is 2.08. The van der Waals surface area contributed by atoms with Gasteiger partial charge in [-0.25, -0.2) is 9.97 Å². The quantitative estimate of drug-likeness (QED) is 0.813. The molecule has 0 aliphatic heterocycles. The lowest BCUT2D eigenvalue weighted by Crippen LogP contribution is -2.26. The topological polar surface area (TPSA) is 83.6 Å². The highest BCUT2D eigenvalue weighted by atomic mass is 32.1. The van der Waals surface area contributed by atoms with Gasteiger partial charge in [0.15, 0.2) is 0 Å². The molecule has 0 aliphatic rings. The van der Waals surface area contributed by atoms with Crippen LogP contribution in [0.2, 0.25) is 0 Å². The summed E-state index contributed by atoms with van der Waals surface area (Å²) < 4.78 is 0. The highest BCUT2D eigenvalue weighted by molar-refractivity contribution is 7.09. The summed E-state index contributed by atoms with van der Waals surface area (Å²) in [4.78, 5) is 19.5. The Hall–Kier alpha value is -1.76. The van der Waals surface area contributed by atoms with E-state index in [1.807, 2.05) is 12.3 Å². The molecule has 2 rings (SSSR count). The number of aryl methyl sites for hydroxylation is 1. The molecule has 0 spiro atoms. The Morgan fingerprint density at radius 2 is 2.50 bits per heavy atom. The van der Waals surface area contributed by atoms with Gasteiger partial charge in [0.1, 0.15) is 6.33 Å². The lowest BCUT2D eigenvalue weighted by atomic mass is 10.4. The summed E-state index contributed by atoms with van der Waals surface area (Å²) in [5, 5.41) is 11.9. The van der Waals surface area contributed by atoms with Crippen molar-refractivity contribution in [3.05, 3.63) is 28.2 Å². The number of aromatic amines is 1. The van der Waals surface area contributed by atoms with Gasteiger partial charge in [0.25, 0.3) is 5.91 Å². The third-order valence-corrected chi connectivity index (χ3v) is 2.95. The molecular formula is C9H11N5OS. The molecule has 1 amide bonds. The van der Waals surface area contributed by atoms with Crippen LogP contribution < -0.4 is 5.32 Å². The number of amides is 1. The predicted molar refractivity (Wildman–Crippen MR) is 59.3 cm³/mol. The summed E-state index contributed by atoms with van der Waals surface area (Å²) in [6.07, 6.45) is 2.04. The number of H-pyrrole nitrogens is 1. The number of rotatable bonds is 4. The van der Waals surface area contributed by atoms with Crippen molar-refractivity contribution < 1.29 is 4.79 Å². The van der Waals surface area contributed by atoms with E-state index in [0.717, 1.165) is 17.1 Å². The van der Waals surface area contributed by atoms with E-state index < -0.39 is 0 Å². The van der Waals surface area contributed by atoms with Gasteiger partial charge in [-0.15, -0.1) is 11.3 Å². The second-order valence-corrected chi connectivity index (χ2v) is 4.17. The Bertz CT molecular complexity index is 464. The van der Waals surface area contributed by atoms with E-state index >= 15 is 0 Å². The number of carbonyl (C=O) groups is 1. The van der Waals surface area contributed by atoms with E-state index in [-0.39, 0.29) is 11.7 Å². The van der Waals surface area contributed by atoms with Gasteiger partial charge in [0, 0.05) is 24.0 Å². The van der Waals surface area contributed by atoms with Crippen molar-refractivity contribution in [1.29, 1.82) is 0 Å². The van der Waals surface area contributed by atoms with Crippen LogP contribution in [-0.2, 0) is 6.42 Å². The van der Waals surface area contributed by atoms with Crippen LogP contribution in [0.3, 0.4) is 0 Å². The average Bonchev–Trinajstić information content (AvgIpc) is 2.89. The molecule has 0 radical (unpaired) electrons. The largest absolute Gasteiger partial charge is 0.349 e. The molecule has 84 valence electrons. The minimum atomic E-state index is -0.245. The van der Waals surface area contributed by atoms with Gasteiger partial charge in [0.2, 0.25) is 5.82 Å². The molecule has 2 heterocycles. The maximum atomic E-state index is 11.4. The highest BCUT2D eigenvalue weighted by Gasteiger charge is 2.07. The van der Waals surface area contributed by atoms with Gasteiger partial charge in [-0.1, -0.05) is 0 Å². The molecule has 7 heteroatoms. The Labute approximate surface area is 96.1 Å². The van der Waals surface area contributed by atoms with Crippen molar-refractivity contribution >= 4 is 17.2 Å². The van der Waals surface area contributed by atoms with E-state index in [1.165, 1.54) is 6.33 Å². The third-order valence-electron chi connectivity index (χ3n) is 1.92. The first-order valence-corrected chi connectivity index (χ1v) is 5.68. The Kier molecular flexibility index (Phi) is 3.25. The number of nitrogens with one attached hydrogen (secondary N) is 2. The van der Waals surface area contributed by atoms with Gasteiger partial charge in [-0.2, -0.15) is 5.10 Å². The molecule has 0 unspecified atom stereocenters. The minimum absolute atomic E-state index is 0.232. The van der Waals surface area contributed by atoms with E-state index in [9.17, 15) is 4.79 Å². The number of aromatic nitrogens is 4. The first kappa shape index (κ1) is 10.7. The van der Waals surface area contributed by atoms with Crippen LogP contribution in [0.4, 0.5) is 0 Å². The monoisotopic (exact) mass is 237 g/mol. The van der Waals surface area contributed by atoms with E-state index in [2.05, 4.69) is 25.5 Å². The Morgan fingerprint density at radius 3 is 3.12 bits per heavy atom. The van der Waals surface area contributed by atoms with Crippen molar-refractivity contribution in [2.45, 2.75) is 13.3 Å². The minimum Gasteiger partial charge on any atom is -0.349 e. The molecular weight excluding hydrogens is 226 g/mol. The lowest BCUT2D eigenvalue weighted by molar-refractivity contribution is 0.0944. The maximum Gasteiger partial charge on any atom is 0.288 e. The fourth-order valence-corrected chi connectivity index (χ4v) is 1.97. The molecule has 0 fully saturated rings. The summed E-state index contributed by atoms with van der Waals surface area (Å²) in [6.45, 7) is 2.50. The molecule has 0 saturated carbocycles. The van der Waals surface area contributed by atoms with Crippen molar-refractivity contribution in [3.63, 3.8) is 0 Å². The zero-order valence-corrected chi connectivity index (χ0v) is 9.54. The summed E-state index contributed by atoms with van der Waals surface area (Å²) in [5.41, 5.74) is 1.02. The maximum absolute atomic E-state index is 11.4. The van der Waals surface area contributed by atoms with Crippen LogP contribution in [0.5, 0.6) is 0 Å². The van der Waals surface area contributed by atoms with Crippen LogP contribution in [0, 0.1) is 6.92 Å². The molecule has 0 bridgehead atoms. The van der Waals surface area contributed by atoms with Gasteiger partial charge in [-0.3, -0.25) is 9.89 Å². The Morgan fingerprint density at radius 1 is 1.62 bits per heavy atom. The number of hydrogen-bond donors (Lipinski definition) is 2. The van der Waals surface area contributed by atoms with Crippen LogP contribution >= 0.6 is 11.3 Å². The van der Waals surface area contributed by atoms with Gasteiger partial charge in [0.05, 0.1) is 5.01 Å². The number of hydrogen-bond acceptors (Lipinski definition) is 5. The second kappa shape index (κ2) is 4.84. The molecule has 2 aromatic rings. The molecule has 16 heavy (non-hydrogen) atoms.